The van der Waals surface area contributed by atoms with Crippen LogP contribution in [0.2, 0.25) is 0 Å². The van der Waals surface area contributed by atoms with Crippen molar-refractivity contribution in [3.8, 4) is 0 Å². The molecule has 0 aromatic rings. The average Bonchev–Trinajstić information content (AvgIpc) is 2.12. The second-order valence-corrected chi connectivity index (χ2v) is 4.65. The molecule has 0 aromatic heterocycles. The van der Waals surface area contributed by atoms with Crippen LogP contribution in [0.1, 0.15) is 19.8 Å². The average molecular weight is 235 g/mol. The topological polar surface area (TPSA) is 29.5 Å². The SMILES string of the molecule is CCOC(=O)CCCSC(=S)N(C)C. The fourth-order valence-electron chi connectivity index (χ4n) is 0.738. The van der Waals surface area contributed by atoms with Gasteiger partial charge < -0.3 is 9.64 Å². The van der Waals surface area contributed by atoms with Crippen LogP contribution in [0.15, 0.2) is 0 Å². The molecule has 0 N–H and O–H groups in total. The molecule has 0 aliphatic carbocycles. The molecule has 0 aromatic carbocycles. The van der Waals surface area contributed by atoms with Crippen LogP contribution in [0.3, 0.4) is 0 Å². The van der Waals surface area contributed by atoms with E-state index in [-0.39, 0.29) is 5.97 Å². The van der Waals surface area contributed by atoms with Gasteiger partial charge in [0.1, 0.15) is 4.32 Å². The number of nitrogens with zero attached hydrogens (tertiary/aromatic N) is 1. The summed E-state index contributed by atoms with van der Waals surface area (Å²) in [5.74, 6) is 0.749. The van der Waals surface area contributed by atoms with E-state index in [1.54, 1.807) is 11.8 Å². The zero-order valence-corrected chi connectivity index (χ0v) is 10.5. The molecule has 0 radical (unpaired) electrons. The monoisotopic (exact) mass is 235 g/mol. The quantitative estimate of drug-likeness (QED) is 0.412. The predicted molar refractivity (Wildman–Crippen MR) is 64.6 cm³/mol. The number of carbonyl (C=O) groups is 1. The van der Waals surface area contributed by atoms with Crippen LogP contribution in [-0.2, 0) is 9.53 Å². The molecular formula is C9H17NO2S2. The van der Waals surface area contributed by atoms with E-state index in [0.29, 0.717) is 13.0 Å². The summed E-state index contributed by atoms with van der Waals surface area (Å²) >= 11 is 6.68. The summed E-state index contributed by atoms with van der Waals surface area (Å²) < 4.78 is 5.66. The maximum absolute atomic E-state index is 10.9. The zero-order valence-electron chi connectivity index (χ0n) is 8.91. The van der Waals surface area contributed by atoms with Gasteiger partial charge in [-0.2, -0.15) is 0 Å². The first kappa shape index (κ1) is 13.7. The first-order chi connectivity index (χ1) is 6.57. The molecule has 0 bridgehead atoms. The summed E-state index contributed by atoms with van der Waals surface area (Å²) in [7, 11) is 3.83. The van der Waals surface area contributed by atoms with Crippen molar-refractivity contribution in [1.29, 1.82) is 0 Å². The van der Waals surface area contributed by atoms with Crippen molar-refractivity contribution in [2.75, 3.05) is 26.5 Å². The van der Waals surface area contributed by atoms with Crippen LogP contribution in [0, 0.1) is 0 Å². The highest BCUT2D eigenvalue weighted by Gasteiger charge is 2.03. The maximum Gasteiger partial charge on any atom is 0.305 e. The van der Waals surface area contributed by atoms with E-state index < -0.39 is 0 Å². The number of thiocarbonyl (C=S) groups is 1. The molecule has 0 saturated carbocycles. The first-order valence-electron chi connectivity index (χ1n) is 4.57. The summed E-state index contributed by atoms with van der Waals surface area (Å²) in [5.41, 5.74) is 0. The van der Waals surface area contributed by atoms with Crippen LogP contribution < -0.4 is 0 Å². The van der Waals surface area contributed by atoms with Crippen molar-refractivity contribution in [3.05, 3.63) is 0 Å². The van der Waals surface area contributed by atoms with E-state index in [2.05, 4.69) is 0 Å². The minimum absolute atomic E-state index is 0.121. The Bertz CT molecular complexity index is 195. The molecular weight excluding hydrogens is 218 g/mol. The molecule has 0 unspecified atom stereocenters. The molecule has 14 heavy (non-hydrogen) atoms. The van der Waals surface area contributed by atoms with E-state index in [0.717, 1.165) is 16.5 Å². The third-order valence-electron chi connectivity index (χ3n) is 1.42. The maximum atomic E-state index is 10.9. The van der Waals surface area contributed by atoms with Crippen molar-refractivity contribution in [2.24, 2.45) is 0 Å². The van der Waals surface area contributed by atoms with Crippen molar-refractivity contribution in [2.45, 2.75) is 19.8 Å². The van der Waals surface area contributed by atoms with E-state index in [4.69, 9.17) is 17.0 Å². The minimum Gasteiger partial charge on any atom is -0.466 e. The van der Waals surface area contributed by atoms with Crippen LogP contribution in [0.5, 0.6) is 0 Å². The summed E-state index contributed by atoms with van der Waals surface area (Å²) in [6, 6.07) is 0. The van der Waals surface area contributed by atoms with Crippen molar-refractivity contribution >= 4 is 34.3 Å². The molecule has 5 heteroatoms. The largest absolute Gasteiger partial charge is 0.466 e. The molecule has 0 aliphatic heterocycles. The van der Waals surface area contributed by atoms with Gasteiger partial charge in [0.2, 0.25) is 0 Å². The summed E-state index contributed by atoms with van der Waals surface area (Å²) in [6.45, 7) is 2.27. The third-order valence-corrected chi connectivity index (χ3v) is 3.24. The van der Waals surface area contributed by atoms with Crippen molar-refractivity contribution in [3.63, 3.8) is 0 Å². The summed E-state index contributed by atoms with van der Waals surface area (Å²) in [5, 5.41) is 0. The number of esters is 1. The Morgan fingerprint density at radius 2 is 2.14 bits per heavy atom. The van der Waals surface area contributed by atoms with Gasteiger partial charge in [-0.25, -0.2) is 0 Å². The molecule has 0 atom stereocenters. The van der Waals surface area contributed by atoms with Gasteiger partial charge in [-0.05, 0) is 13.3 Å². The Kier molecular flexibility index (Phi) is 7.89. The molecule has 0 rings (SSSR count). The Morgan fingerprint density at radius 3 is 2.64 bits per heavy atom. The molecule has 0 spiro atoms. The minimum atomic E-state index is -0.121. The molecule has 0 amide bonds. The Morgan fingerprint density at radius 1 is 1.50 bits per heavy atom. The fraction of sp³-hybridized carbons (Fsp3) is 0.778. The number of hydrogen-bond acceptors (Lipinski definition) is 4. The van der Waals surface area contributed by atoms with Crippen LogP contribution in [-0.4, -0.2) is 41.6 Å². The second-order valence-electron chi connectivity index (χ2n) is 2.92. The Labute approximate surface area is 95.2 Å². The van der Waals surface area contributed by atoms with Gasteiger partial charge in [0, 0.05) is 26.3 Å². The number of carbonyl (C=O) groups excluding carboxylic acids is 1. The van der Waals surface area contributed by atoms with Crippen LogP contribution in [0.25, 0.3) is 0 Å². The molecule has 0 fully saturated rings. The lowest BCUT2D eigenvalue weighted by atomic mass is 10.3. The number of ether oxygens (including phenoxy) is 1. The lowest BCUT2D eigenvalue weighted by Gasteiger charge is -2.12. The van der Waals surface area contributed by atoms with Crippen LogP contribution >= 0.6 is 24.0 Å². The highest BCUT2D eigenvalue weighted by Crippen LogP contribution is 2.09. The normalized spacial score (nSPS) is 9.64. The predicted octanol–water partition coefficient (Wildman–Crippen LogP) is 1.91. The van der Waals surface area contributed by atoms with Gasteiger partial charge in [0.05, 0.1) is 6.61 Å². The van der Waals surface area contributed by atoms with Gasteiger partial charge >= 0.3 is 5.97 Å². The zero-order chi connectivity index (χ0) is 11.0. The Hall–Kier alpha value is -0.290. The van der Waals surface area contributed by atoms with Crippen molar-refractivity contribution < 1.29 is 9.53 Å². The van der Waals surface area contributed by atoms with Gasteiger partial charge in [0.25, 0.3) is 0 Å². The number of rotatable bonds is 5. The fourth-order valence-corrected chi connectivity index (χ4v) is 1.71. The number of thioether (sulfide) groups is 1. The first-order valence-corrected chi connectivity index (χ1v) is 5.97. The lowest BCUT2D eigenvalue weighted by molar-refractivity contribution is -0.143. The van der Waals surface area contributed by atoms with Crippen LogP contribution in [0.4, 0.5) is 0 Å². The molecule has 0 aliphatic rings. The second kappa shape index (κ2) is 8.05. The Balaban J connectivity index is 3.38. The highest BCUT2D eigenvalue weighted by molar-refractivity contribution is 8.22. The number of hydrogen-bond donors (Lipinski definition) is 0. The summed E-state index contributed by atoms with van der Waals surface area (Å²) in [6.07, 6.45) is 1.30. The van der Waals surface area contributed by atoms with Gasteiger partial charge in [-0.3, -0.25) is 4.79 Å². The van der Waals surface area contributed by atoms with E-state index >= 15 is 0 Å². The van der Waals surface area contributed by atoms with E-state index in [9.17, 15) is 4.79 Å². The van der Waals surface area contributed by atoms with E-state index in [1.807, 2.05) is 25.9 Å². The van der Waals surface area contributed by atoms with Gasteiger partial charge in [-0.1, -0.05) is 24.0 Å². The summed E-state index contributed by atoms with van der Waals surface area (Å²) in [4.78, 5) is 12.8. The standard InChI is InChI=1S/C9H17NO2S2/c1-4-12-8(11)6-5-7-14-9(13)10(2)3/h4-7H2,1-3H3. The van der Waals surface area contributed by atoms with Gasteiger partial charge in [-0.15, -0.1) is 0 Å². The smallest absolute Gasteiger partial charge is 0.305 e. The molecule has 0 saturated heterocycles. The molecule has 82 valence electrons. The molecule has 3 nitrogen and oxygen atoms in total. The lowest BCUT2D eigenvalue weighted by Crippen LogP contribution is -2.16. The van der Waals surface area contributed by atoms with Crippen molar-refractivity contribution in [1.82, 2.24) is 4.90 Å². The molecule has 0 heterocycles. The van der Waals surface area contributed by atoms with Gasteiger partial charge in [0.15, 0.2) is 0 Å². The van der Waals surface area contributed by atoms with E-state index in [1.165, 1.54) is 0 Å². The highest BCUT2D eigenvalue weighted by atomic mass is 32.2. The third kappa shape index (κ3) is 7.15.